The molecular formula is C16H32O2. The van der Waals surface area contributed by atoms with E-state index in [0.717, 1.165) is 12.8 Å². The van der Waals surface area contributed by atoms with Crippen molar-refractivity contribution in [1.82, 2.24) is 0 Å². The van der Waals surface area contributed by atoms with Crippen LogP contribution in [-0.4, -0.2) is 17.0 Å². The first-order chi connectivity index (χ1) is 8.39. The second kappa shape index (κ2) is 9.55. The maximum atomic E-state index is 11.7. The van der Waals surface area contributed by atoms with Crippen molar-refractivity contribution in [2.24, 2.45) is 5.41 Å². The number of unbranched alkanes of at least 4 members (excludes halogenated alkanes) is 7. The van der Waals surface area contributed by atoms with Crippen LogP contribution < -0.4 is 0 Å². The Bertz CT molecular complexity index is 216. The van der Waals surface area contributed by atoms with Gasteiger partial charge in [0.15, 0.2) is 5.78 Å². The standard InChI is InChI=1S/C16H32O2/c1-5-6-7-8-9-10-11-12-13-14(17)15(18)16(2,3)4/h15,18H,5-13H2,1-4H3. The summed E-state index contributed by atoms with van der Waals surface area (Å²) < 4.78 is 0. The third kappa shape index (κ3) is 8.68. The van der Waals surface area contributed by atoms with Crippen LogP contribution >= 0.6 is 0 Å². The Labute approximate surface area is 113 Å². The van der Waals surface area contributed by atoms with Crippen LogP contribution in [0.4, 0.5) is 0 Å². The fourth-order valence-corrected chi connectivity index (χ4v) is 2.05. The second-order valence-electron chi connectivity index (χ2n) is 6.46. The molecule has 0 saturated carbocycles. The van der Waals surface area contributed by atoms with Crippen molar-refractivity contribution in [2.45, 2.75) is 91.6 Å². The molecule has 1 atom stereocenters. The Morgan fingerprint density at radius 2 is 1.39 bits per heavy atom. The molecule has 0 spiro atoms. The van der Waals surface area contributed by atoms with Crippen molar-refractivity contribution in [1.29, 1.82) is 0 Å². The van der Waals surface area contributed by atoms with Gasteiger partial charge in [-0.25, -0.2) is 0 Å². The number of aliphatic hydroxyl groups excluding tert-OH is 1. The molecule has 2 heteroatoms. The summed E-state index contributed by atoms with van der Waals surface area (Å²) in [6.45, 7) is 7.95. The van der Waals surface area contributed by atoms with Gasteiger partial charge in [-0.05, 0) is 11.8 Å². The van der Waals surface area contributed by atoms with Crippen LogP contribution in [0.25, 0.3) is 0 Å². The molecule has 2 nitrogen and oxygen atoms in total. The first-order valence-electron chi connectivity index (χ1n) is 7.60. The van der Waals surface area contributed by atoms with Crippen molar-refractivity contribution in [2.75, 3.05) is 0 Å². The molecule has 0 aliphatic heterocycles. The summed E-state index contributed by atoms with van der Waals surface area (Å²) in [7, 11) is 0. The van der Waals surface area contributed by atoms with Crippen LogP contribution in [0.2, 0.25) is 0 Å². The molecule has 0 aromatic carbocycles. The molecule has 18 heavy (non-hydrogen) atoms. The minimum atomic E-state index is -0.804. The number of hydrogen-bond acceptors (Lipinski definition) is 2. The van der Waals surface area contributed by atoms with Crippen LogP contribution in [0.5, 0.6) is 0 Å². The zero-order valence-corrected chi connectivity index (χ0v) is 12.8. The van der Waals surface area contributed by atoms with Gasteiger partial charge in [-0.3, -0.25) is 4.79 Å². The molecule has 0 amide bonds. The maximum Gasteiger partial charge on any atom is 0.161 e. The van der Waals surface area contributed by atoms with Crippen molar-refractivity contribution >= 4 is 5.78 Å². The number of rotatable bonds is 10. The number of ketones is 1. The summed E-state index contributed by atoms with van der Waals surface area (Å²) >= 11 is 0. The smallest absolute Gasteiger partial charge is 0.161 e. The molecule has 0 radical (unpaired) electrons. The van der Waals surface area contributed by atoms with Crippen LogP contribution in [0.15, 0.2) is 0 Å². The second-order valence-corrected chi connectivity index (χ2v) is 6.46. The molecule has 0 bridgehead atoms. The van der Waals surface area contributed by atoms with Crippen molar-refractivity contribution in [3.05, 3.63) is 0 Å². The van der Waals surface area contributed by atoms with E-state index < -0.39 is 6.10 Å². The minimum absolute atomic E-state index is 0.00785. The van der Waals surface area contributed by atoms with E-state index in [1.807, 2.05) is 20.8 Å². The topological polar surface area (TPSA) is 37.3 Å². The third-order valence-corrected chi connectivity index (χ3v) is 3.40. The summed E-state index contributed by atoms with van der Waals surface area (Å²) in [4.78, 5) is 11.7. The maximum absolute atomic E-state index is 11.7. The molecule has 0 heterocycles. The van der Waals surface area contributed by atoms with Gasteiger partial charge < -0.3 is 5.11 Å². The average molecular weight is 256 g/mol. The summed E-state index contributed by atoms with van der Waals surface area (Å²) in [6.07, 6.45) is 9.60. The van der Waals surface area contributed by atoms with E-state index in [1.165, 1.54) is 38.5 Å². The Morgan fingerprint density at radius 1 is 0.944 bits per heavy atom. The lowest BCUT2D eigenvalue weighted by molar-refractivity contribution is -0.132. The fourth-order valence-electron chi connectivity index (χ4n) is 2.05. The molecule has 0 rings (SSSR count). The molecule has 0 saturated heterocycles. The summed E-state index contributed by atoms with van der Waals surface area (Å²) in [6, 6.07) is 0. The first kappa shape index (κ1) is 17.6. The number of carbonyl (C=O) groups is 1. The Balaban J connectivity index is 3.47. The normalized spacial score (nSPS) is 13.6. The lowest BCUT2D eigenvalue weighted by atomic mass is 9.85. The largest absolute Gasteiger partial charge is 0.385 e. The zero-order chi connectivity index (χ0) is 14.0. The molecule has 1 unspecified atom stereocenters. The van der Waals surface area contributed by atoms with E-state index in [1.54, 1.807) is 0 Å². The first-order valence-corrected chi connectivity index (χ1v) is 7.60. The highest BCUT2D eigenvalue weighted by atomic mass is 16.3. The number of carbonyl (C=O) groups excluding carboxylic acids is 1. The van der Waals surface area contributed by atoms with Crippen LogP contribution in [0, 0.1) is 5.41 Å². The van der Waals surface area contributed by atoms with Gasteiger partial charge >= 0.3 is 0 Å². The molecule has 0 fully saturated rings. The fraction of sp³-hybridized carbons (Fsp3) is 0.938. The Kier molecular flexibility index (Phi) is 9.35. The van der Waals surface area contributed by atoms with Gasteiger partial charge in [0.05, 0.1) is 0 Å². The highest BCUT2D eigenvalue weighted by Crippen LogP contribution is 2.21. The zero-order valence-electron chi connectivity index (χ0n) is 12.8. The number of hydrogen-bond donors (Lipinski definition) is 1. The molecule has 0 aromatic heterocycles. The van der Waals surface area contributed by atoms with E-state index in [4.69, 9.17) is 0 Å². The van der Waals surface area contributed by atoms with Crippen molar-refractivity contribution < 1.29 is 9.90 Å². The molecule has 108 valence electrons. The van der Waals surface area contributed by atoms with E-state index in [9.17, 15) is 9.90 Å². The Hall–Kier alpha value is -0.370. The molecule has 0 aromatic rings. The van der Waals surface area contributed by atoms with Crippen molar-refractivity contribution in [3.8, 4) is 0 Å². The predicted molar refractivity (Wildman–Crippen MR) is 77.7 cm³/mol. The van der Waals surface area contributed by atoms with E-state index in [0.29, 0.717) is 6.42 Å². The van der Waals surface area contributed by atoms with Crippen LogP contribution in [-0.2, 0) is 4.79 Å². The number of Topliss-reactive ketones (excluding diaryl/α,β-unsaturated/α-hetero) is 1. The van der Waals surface area contributed by atoms with Gasteiger partial charge in [0.2, 0.25) is 0 Å². The molecular weight excluding hydrogens is 224 g/mol. The van der Waals surface area contributed by atoms with E-state index in [-0.39, 0.29) is 11.2 Å². The van der Waals surface area contributed by atoms with Crippen LogP contribution in [0.3, 0.4) is 0 Å². The van der Waals surface area contributed by atoms with E-state index >= 15 is 0 Å². The minimum Gasteiger partial charge on any atom is -0.385 e. The van der Waals surface area contributed by atoms with Crippen LogP contribution in [0.1, 0.15) is 85.5 Å². The molecule has 0 aliphatic carbocycles. The highest BCUT2D eigenvalue weighted by Gasteiger charge is 2.27. The van der Waals surface area contributed by atoms with Crippen molar-refractivity contribution in [3.63, 3.8) is 0 Å². The number of aliphatic hydroxyl groups is 1. The monoisotopic (exact) mass is 256 g/mol. The summed E-state index contributed by atoms with van der Waals surface area (Å²) in [5, 5.41) is 9.80. The van der Waals surface area contributed by atoms with E-state index in [2.05, 4.69) is 6.92 Å². The SMILES string of the molecule is CCCCCCCCCCC(=O)C(O)C(C)(C)C. The quantitative estimate of drug-likeness (QED) is 0.585. The average Bonchev–Trinajstić information content (AvgIpc) is 2.30. The van der Waals surface area contributed by atoms with Gasteiger partial charge in [-0.2, -0.15) is 0 Å². The lowest BCUT2D eigenvalue weighted by Crippen LogP contribution is -2.34. The lowest BCUT2D eigenvalue weighted by Gasteiger charge is -2.24. The van der Waals surface area contributed by atoms with Gasteiger partial charge in [-0.1, -0.05) is 72.6 Å². The summed E-state index contributed by atoms with van der Waals surface area (Å²) in [5.41, 5.74) is -0.322. The molecule has 1 N–H and O–H groups in total. The molecule has 0 aliphatic rings. The summed E-state index contributed by atoms with van der Waals surface area (Å²) in [5.74, 6) is 0.00785. The van der Waals surface area contributed by atoms with Gasteiger partial charge in [0.1, 0.15) is 6.10 Å². The Morgan fingerprint density at radius 3 is 1.83 bits per heavy atom. The third-order valence-electron chi connectivity index (χ3n) is 3.40. The van der Waals surface area contributed by atoms with Gasteiger partial charge in [0, 0.05) is 6.42 Å². The highest BCUT2D eigenvalue weighted by molar-refractivity contribution is 5.83. The predicted octanol–water partition coefficient (Wildman–Crippen LogP) is 4.49. The van der Waals surface area contributed by atoms with Gasteiger partial charge in [-0.15, -0.1) is 0 Å². The van der Waals surface area contributed by atoms with Gasteiger partial charge in [0.25, 0.3) is 0 Å².